The Balaban J connectivity index is 3.02. The number of halogens is 2. The molecule has 0 aliphatic rings. The van der Waals surface area contributed by atoms with Crippen LogP contribution in [0.2, 0.25) is 5.02 Å². The van der Waals surface area contributed by atoms with Crippen molar-refractivity contribution < 1.29 is 9.13 Å². The molecule has 0 fully saturated rings. The largest absolute Gasteiger partial charge is 0.379 e. The minimum Gasteiger partial charge on any atom is -0.379 e. The number of hydrogen-bond acceptors (Lipinski definition) is 2. The van der Waals surface area contributed by atoms with E-state index in [1.54, 1.807) is 7.11 Å². The molecule has 2 nitrogen and oxygen atoms in total. The van der Waals surface area contributed by atoms with Gasteiger partial charge in [0.2, 0.25) is 0 Å². The summed E-state index contributed by atoms with van der Waals surface area (Å²) in [7, 11) is 1.59. The Hall–Kier alpha value is -0.640. The third-order valence-electron chi connectivity index (χ3n) is 2.60. The lowest BCUT2D eigenvalue weighted by atomic mass is 9.94. The molecule has 1 rings (SSSR count). The average Bonchev–Trinajstić information content (AvgIpc) is 2.22. The monoisotopic (exact) mass is 245 g/mol. The highest BCUT2D eigenvalue weighted by molar-refractivity contribution is 6.31. The van der Waals surface area contributed by atoms with Crippen molar-refractivity contribution in [2.45, 2.75) is 26.0 Å². The van der Waals surface area contributed by atoms with Gasteiger partial charge in [-0.1, -0.05) is 25.4 Å². The van der Waals surface area contributed by atoms with Gasteiger partial charge in [-0.3, -0.25) is 0 Å². The van der Waals surface area contributed by atoms with E-state index in [0.29, 0.717) is 10.6 Å². The van der Waals surface area contributed by atoms with Crippen molar-refractivity contribution in [2.24, 2.45) is 11.7 Å². The lowest BCUT2D eigenvalue weighted by Crippen LogP contribution is -2.32. The van der Waals surface area contributed by atoms with Crippen molar-refractivity contribution in [3.63, 3.8) is 0 Å². The summed E-state index contributed by atoms with van der Waals surface area (Å²) in [5.74, 6) is -0.104. The Bertz CT molecular complexity index is 357. The molecule has 90 valence electrons. The molecule has 2 unspecified atom stereocenters. The zero-order valence-corrected chi connectivity index (χ0v) is 10.5. The molecule has 0 aliphatic heterocycles. The first-order chi connectivity index (χ1) is 7.47. The minimum absolute atomic E-state index is 0.181. The van der Waals surface area contributed by atoms with Gasteiger partial charge in [0.1, 0.15) is 5.82 Å². The highest BCUT2D eigenvalue weighted by Gasteiger charge is 2.24. The van der Waals surface area contributed by atoms with Gasteiger partial charge in [0.05, 0.1) is 12.1 Å². The Labute approximate surface area is 101 Å². The predicted molar refractivity (Wildman–Crippen MR) is 64.0 cm³/mol. The Morgan fingerprint density at radius 3 is 2.50 bits per heavy atom. The Morgan fingerprint density at radius 2 is 2.00 bits per heavy atom. The summed E-state index contributed by atoms with van der Waals surface area (Å²) in [6, 6.07) is 3.77. The molecule has 0 saturated carbocycles. The van der Waals surface area contributed by atoms with Gasteiger partial charge in [-0.25, -0.2) is 4.39 Å². The van der Waals surface area contributed by atoms with E-state index in [1.807, 2.05) is 13.8 Å². The summed E-state index contributed by atoms with van der Waals surface area (Å²) in [4.78, 5) is 0. The van der Waals surface area contributed by atoms with Crippen LogP contribution in [0.4, 0.5) is 4.39 Å². The standard InChI is InChI=1S/C12H17ClFNO/c1-7(2)12(16-3)11(15)9-6-8(14)4-5-10(9)13/h4-7,11-12H,15H2,1-3H3. The van der Waals surface area contributed by atoms with Crippen LogP contribution >= 0.6 is 11.6 Å². The molecule has 1 aromatic carbocycles. The zero-order valence-electron chi connectivity index (χ0n) is 9.71. The van der Waals surface area contributed by atoms with Gasteiger partial charge in [0.25, 0.3) is 0 Å². The number of benzene rings is 1. The van der Waals surface area contributed by atoms with Crippen LogP contribution in [-0.2, 0) is 4.74 Å². The van der Waals surface area contributed by atoms with Crippen LogP contribution in [0, 0.1) is 11.7 Å². The first kappa shape index (κ1) is 13.4. The van der Waals surface area contributed by atoms with Gasteiger partial charge < -0.3 is 10.5 Å². The van der Waals surface area contributed by atoms with Crippen LogP contribution in [0.15, 0.2) is 18.2 Å². The second-order valence-electron chi connectivity index (χ2n) is 4.14. The first-order valence-electron chi connectivity index (χ1n) is 5.20. The molecule has 16 heavy (non-hydrogen) atoms. The SMILES string of the molecule is COC(C(C)C)C(N)c1cc(F)ccc1Cl. The second kappa shape index (κ2) is 5.62. The van der Waals surface area contributed by atoms with E-state index in [4.69, 9.17) is 22.1 Å². The lowest BCUT2D eigenvalue weighted by Gasteiger charge is -2.26. The quantitative estimate of drug-likeness (QED) is 0.885. The topological polar surface area (TPSA) is 35.2 Å². The van der Waals surface area contributed by atoms with Crippen LogP contribution in [0.5, 0.6) is 0 Å². The Kier molecular flexibility index (Phi) is 4.71. The van der Waals surface area contributed by atoms with Gasteiger partial charge in [0.15, 0.2) is 0 Å². The molecule has 2 atom stereocenters. The average molecular weight is 246 g/mol. The maximum absolute atomic E-state index is 13.1. The van der Waals surface area contributed by atoms with Gasteiger partial charge >= 0.3 is 0 Å². The maximum atomic E-state index is 13.1. The molecular weight excluding hydrogens is 229 g/mol. The summed E-state index contributed by atoms with van der Waals surface area (Å²) in [5.41, 5.74) is 6.63. The Morgan fingerprint density at radius 1 is 1.38 bits per heavy atom. The van der Waals surface area contributed by atoms with Crippen LogP contribution in [-0.4, -0.2) is 13.2 Å². The van der Waals surface area contributed by atoms with E-state index in [1.165, 1.54) is 18.2 Å². The summed E-state index contributed by atoms with van der Waals surface area (Å²) in [5, 5.41) is 0.469. The summed E-state index contributed by atoms with van der Waals surface area (Å²) >= 11 is 5.99. The normalized spacial score (nSPS) is 15.2. The van der Waals surface area contributed by atoms with Gasteiger partial charge in [-0.05, 0) is 29.7 Å². The smallest absolute Gasteiger partial charge is 0.123 e. The number of nitrogens with two attached hydrogens (primary N) is 1. The molecule has 0 radical (unpaired) electrons. The zero-order chi connectivity index (χ0) is 12.3. The van der Waals surface area contributed by atoms with Crippen molar-refractivity contribution in [3.8, 4) is 0 Å². The second-order valence-corrected chi connectivity index (χ2v) is 4.54. The lowest BCUT2D eigenvalue weighted by molar-refractivity contribution is 0.0437. The van der Waals surface area contributed by atoms with E-state index in [2.05, 4.69) is 0 Å². The number of ether oxygens (including phenoxy) is 1. The summed E-state index contributed by atoms with van der Waals surface area (Å²) in [6.07, 6.45) is -0.181. The van der Waals surface area contributed by atoms with Crippen LogP contribution < -0.4 is 5.73 Å². The molecule has 0 amide bonds. The number of hydrogen-bond donors (Lipinski definition) is 1. The van der Waals surface area contributed by atoms with Crippen molar-refractivity contribution in [3.05, 3.63) is 34.6 Å². The highest BCUT2D eigenvalue weighted by atomic mass is 35.5. The van der Waals surface area contributed by atoms with Gasteiger partial charge in [-0.15, -0.1) is 0 Å². The van der Waals surface area contributed by atoms with Crippen LogP contribution in [0.25, 0.3) is 0 Å². The fourth-order valence-electron chi connectivity index (χ4n) is 1.78. The summed E-state index contributed by atoms with van der Waals surface area (Å²) in [6.45, 7) is 4.00. The molecule has 0 spiro atoms. The number of rotatable bonds is 4. The molecule has 4 heteroatoms. The van der Waals surface area contributed by atoms with E-state index in [9.17, 15) is 4.39 Å². The molecule has 2 N–H and O–H groups in total. The fourth-order valence-corrected chi connectivity index (χ4v) is 2.02. The van der Waals surface area contributed by atoms with Crippen molar-refractivity contribution in [1.29, 1.82) is 0 Å². The minimum atomic E-state index is -0.423. The third-order valence-corrected chi connectivity index (χ3v) is 2.94. The first-order valence-corrected chi connectivity index (χ1v) is 5.58. The summed E-state index contributed by atoms with van der Waals surface area (Å²) < 4.78 is 18.4. The van der Waals surface area contributed by atoms with E-state index >= 15 is 0 Å². The molecule has 0 saturated heterocycles. The molecule has 0 aliphatic carbocycles. The molecule has 0 bridgehead atoms. The highest BCUT2D eigenvalue weighted by Crippen LogP contribution is 2.28. The third kappa shape index (κ3) is 2.94. The molecule has 0 aromatic heterocycles. The number of methoxy groups -OCH3 is 1. The van der Waals surface area contributed by atoms with E-state index < -0.39 is 6.04 Å². The molecule has 1 aromatic rings. The van der Waals surface area contributed by atoms with Crippen molar-refractivity contribution >= 4 is 11.6 Å². The fraction of sp³-hybridized carbons (Fsp3) is 0.500. The maximum Gasteiger partial charge on any atom is 0.123 e. The predicted octanol–water partition coefficient (Wildman–Crippen LogP) is 3.15. The van der Waals surface area contributed by atoms with E-state index in [0.717, 1.165) is 0 Å². The van der Waals surface area contributed by atoms with Crippen LogP contribution in [0.3, 0.4) is 0 Å². The molecular formula is C12H17ClFNO. The van der Waals surface area contributed by atoms with E-state index in [-0.39, 0.29) is 17.8 Å². The van der Waals surface area contributed by atoms with Crippen molar-refractivity contribution in [2.75, 3.05) is 7.11 Å². The van der Waals surface area contributed by atoms with Gasteiger partial charge in [-0.2, -0.15) is 0 Å². The van der Waals surface area contributed by atoms with Crippen molar-refractivity contribution in [1.82, 2.24) is 0 Å². The van der Waals surface area contributed by atoms with Crippen LogP contribution in [0.1, 0.15) is 25.5 Å². The molecule has 0 heterocycles. The van der Waals surface area contributed by atoms with Gasteiger partial charge in [0, 0.05) is 12.1 Å².